The van der Waals surface area contributed by atoms with E-state index in [1.165, 1.54) is 0 Å². The quantitative estimate of drug-likeness (QED) is 0.725. The number of rotatable bonds is 5. The van der Waals surface area contributed by atoms with Crippen LogP contribution in [0.1, 0.15) is 40.0 Å². The summed E-state index contributed by atoms with van der Waals surface area (Å²) in [4.78, 5) is 22.3. The maximum Gasteiger partial charge on any atom is 0.305 e. The Balaban J connectivity index is 2.44. The highest BCUT2D eigenvalue weighted by Gasteiger charge is 2.35. The SMILES string of the molecule is CC(C(=O)NC(C)(C)CC(=O)O)C1CC1. The molecule has 1 atom stereocenters. The predicted molar refractivity (Wildman–Crippen MR) is 56.4 cm³/mol. The van der Waals surface area contributed by atoms with Crippen LogP contribution >= 0.6 is 0 Å². The molecule has 0 aromatic carbocycles. The Morgan fingerprint density at radius 3 is 2.40 bits per heavy atom. The Hall–Kier alpha value is -1.06. The lowest BCUT2D eigenvalue weighted by atomic mass is 9.98. The molecule has 1 amide bonds. The summed E-state index contributed by atoms with van der Waals surface area (Å²) < 4.78 is 0. The standard InChI is InChI=1S/C11H19NO3/c1-7(8-4-5-8)10(15)12-11(2,3)6-9(13)14/h7-8H,4-6H2,1-3H3,(H,12,15)(H,13,14). The average molecular weight is 213 g/mol. The highest BCUT2D eigenvalue weighted by atomic mass is 16.4. The number of hydrogen-bond acceptors (Lipinski definition) is 2. The second kappa shape index (κ2) is 4.21. The van der Waals surface area contributed by atoms with Gasteiger partial charge in [-0.25, -0.2) is 0 Å². The minimum Gasteiger partial charge on any atom is -0.481 e. The normalized spacial score (nSPS) is 18.3. The first kappa shape index (κ1) is 12.0. The van der Waals surface area contributed by atoms with E-state index in [2.05, 4.69) is 5.32 Å². The number of carboxylic acids is 1. The van der Waals surface area contributed by atoms with Crippen LogP contribution in [0.15, 0.2) is 0 Å². The maximum absolute atomic E-state index is 11.7. The van der Waals surface area contributed by atoms with Gasteiger partial charge in [-0.15, -0.1) is 0 Å². The van der Waals surface area contributed by atoms with Crippen LogP contribution in [0.3, 0.4) is 0 Å². The molecule has 0 aromatic rings. The monoisotopic (exact) mass is 213 g/mol. The lowest BCUT2D eigenvalue weighted by molar-refractivity contribution is -0.139. The first-order valence-electron chi connectivity index (χ1n) is 5.35. The van der Waals surface area contributed by atoms with Gasteiger partial charge in [0.15, 0.2) is 0 Å². The summed E-state index contributed by atoms with van der Waals surface area (Å²) in [5, 5.41) is 11.5. The molecule has 0 spiro atoms. The molecule has 15 heavy (non-hydrogen) atoms. The minimum absolute atomic E-state index is 0.0121. The summed E-state index contributed by atoms with van der Waals surface area (Å²) in [5.74, 6) is -0.396. The molecule has 4 heteroatoms. The van der Waals surface area contributed by atoms with Gasteiger partial charge in [0.2, 0.25) is 5.91 Å². The van der Waals surface area contributed by atoms with Crippen LogP contribution in [0.2, 0.25) is 0 Å². The fourth-order valence-corrected chi connectivity index (χ4v) is 1.68. The molecule has 1 saturated carbocycles. The van der Waals surface area contributed by atoms with Crippen molar-refractivity contribution in [1.29, 1.82) is 0 Å². The van der Waals surface area contributed by atoms with Crippen molar-refractivity contribution in [2.24, 2.45) is 11.8 Å². The molecular formula is C11H19NO3. The third-order valence-electron chi connectivity index (χ3n) is 2.80. The molecule has 1 rings (SSSR count). The van der Waals surface area contributed by atoms with Crippen molar-refractivity contribution in [2.75, 3.05) is 0 Å². The van der Waals surface area contributed by atoms with Crippen molar-refractivity contribution in [1.82, 2.24) is 5.32 Å². The van der Waals surface area contributed by atoms with E-state index in [0.29, 0.717) is 5.92 Å². The molecular weight excluding hydrogens is 194 g/mol. The Bertz CT molecular complexity index is 269. The Kier molecular flexibility index (Phi) is 3.37. The van der Waals surface area contributed by atoms with Gasteiger partial charge >= 0.3 is 5.97 Å². The van der Waals surface area contributed by atoms with Gasteiger partial charge in [0.25, 0.3) is 0 Å². The van der Waals surface area contributed by atoms with Gasteiger partial charge in [0, 0.05) is 11.5 Å². The van der Waals surface area contributed by atoms with Gasteiger partial charge in [0.1, 0.15) is 0 Å². The molecule has 1 fully saturated rings. The molecule has 1 aliphatic rings. The molecule has 0 saturated heterocycles. The van der Waals surface area contributed by atoms with Crippen molar-refractivity contribution in [3.05, 3.63) is 0 Å². The largest absolute Gasteiger partial charge is 0.481 e. The Morgan fingerprint density at radius 1 is 1.47 bits per heavy atom. The van der Waals surface area contributed by atoms with Crippen LogP contribution < -0.4 is 5.32 Å². The van der Waals surface area contributed by atoms with Crippen LogP contribution in [-0.2, 0) is 9.59 Å². The number of hydrogen-bond donors (Lipinski definition) is 2. The second-order valence-electron chi connectivity index (χ2n) is 5.07. The van der Waals surface area contributed by atoms with Crippen LogP contribution in [-0.4, -0.2) is 22.5 Å². The summed E-state index contributed by atoms with van der Waals surface area (Å²) in [5.41, 5.74) is -0.661. The Morgan fingerprint density at radius 2 is 2.00 bits per heavy atom. The molecule has 0 radical (unpaired) electrons. The van der Waals surface area contributed by atoms with Gasteiger partial charge in [-0.2, -0.15) is 0 Å². The van der Waals surface area contributed by atoms with E-state index in [9.17, 15) is 9.59 Å². The van der Waals surface area contributed by atoms with E-state index >= 15 is 0 Å². The van der Waals surface area contributed by atoms with Crippen molar-refractivity contribution in [3.8, 4) is 0 Å². The number of aliphatic carboxylic acids is 1. The fourth-order valence-electron chi connectivity index (χ4n) is 1.68. The van der Waals surface area contributed by atoms with Crippen LogP contribution in [0.25, 0.3) is 0 Å². The van der Waals surface area contributed by atoms with Crippen molar-refractivity contribution in [2.45, 2.75) is 45.6 Å². The second-order valence-corrected chi connectivity index (χ2v) is 5.07. The van der Waals surface area contributed by atoms with E-state index in [4.69, 9.17) is 5.11 Å². The number of carboxylic acid groups (broad SMARTS) is 1. The van der Waals surface area contributed by atoms with Crippen LogP contribution in [0, 0.1) is 11.8 Å². The third kappa shape index (κ3) is 3.90. The molecule has 0 aromatic heterocycles. The summed E-state index contributed by atoms with van der Waals surface area (Å²) in [7, 11) is 0. The van der Waals surface area contributed by atoms with Gasteiger partial charge in [-0.3, -0.25) is 9.59 Å². The van der Waals surface area contributed by atoms with E-state index in [0.717, 1.165) is 12.8 Å². The lowest BCUT2D eigenvalue weighted by Crippen LogP contribution is -2.47. The van der Waals surface area contributed by atoms with Crippen molar-refractivity contribution >= 4 is 11.9 Å². The Labute approximate surface area is 90.0 Å². The predicted octanol–water partition coefficient (Wildman–Crippen LogP) is 1.40. The first-order valence-corrected chi connectivity index (χ1v) is 5.35. The molecule has 1 unspecified atom stereocenters. The van der Waals surface area contributed by atoms with E-state index in [-0.39, 0.29) is 18.2 Å². The van der Waals surface area contributed by atoms with E-state index < -0.39 is 11.5 Å². The minimum atomic E-state index is -0.889. The fraction of sp³-hybridized carbons (Fsp3) is 0.818. The highest BCUT2D eigenvalue weighted by molar-refractivity contribution is 5.80. The molecule has 1 aliphatic carbocycles. The van der Waals surface area contributed by atoms with Gasteiger partial charge < -0.3 is 10.4 Å². The molecule has 2 N–H and O–H groups in total. The maximum atomic E-state index is 11.7. The number of amides is 1. The van der Waals surface area contributed by atoms with Gasteiger partial charge in [-0.05, 0) is 32.6 Å². The van der Waals surface area contributed by atoms with Crippen molar-refractivity contribution < 1.29 is 14.7 Å². The third-order valence-corrected chi connectivity index (χ3v) is 2.80. The summed E-state index contributed by atoms with van der Waals surface area (Å²) in [6, 6.07) is 0. The van der Waals surface area contributed by atoms with E-state index in [1.54, 1.807) is 13.8 Å². The summed E-state index contributed by atoms with van der Waals surface area (Å²) in [6.45, 7) is 5.38. The van der Waals surface area contributed by atoms with Gasteiger partial charge in [0.05, 0.1) is 6.42 Å². The lowest BCUT2D eigenvalue weighted by Gasteiger charge is -2.26. The zero-order valence-electron chi connectivity index (χ0n) is 9.54. The summed E-state index contributed by atoms with van der Waals surface area (Å²) >= 11 is 0. The zero-order chi connectivity index (χ0) is 11.6. The van der Waals surface area contributed by atoms with Crippen LogP contribution in [0.5, 0.6) is 0 Å². The number of nitrogens with one attached hydrogen (secondary N) is 1. The molecule has 0 aliphatic heterocycles. The molecule has 86 valence electrons. The topological polar surface area (TPSA) is 66.4 Å². The number of carbonyl (C=O) groups is 2. The van der Waals surface area contributed by atoms with Crippen LogP contribution in [0.4, 0.5) is 0 Å². The highest BCUT2D eigenvalue weighted by Crippen LogP contribution is 2.36. The molecule has 0 heterocycles. The smallest absolute Gasteiger partial charge is 0.305 e. The molecule has 0 bridgehead atoms. The number of carbonyl (C=O) groups excluding carboxylic acids is 1. The first-order chi connectivity index (χ1) is 6.82. The van der Waals surface area contributed by atoms with E-state index in [1.807, 2.05) is 6.92 Å². The summed E-state index contributed by atoms with van der Waals surface area (Å²) in [6.07, 6.45) is 2.19. The van der Waals surface area contributed by atoms with Gasteiger partial charge in [-0.1, -0.05) is 6.92 Å². The average Bonchev–Trinajstić information content (AvgIpc) is 2.80. The molecule has 4 nitrogen and oxygen atoms in total. The zero-order valence-corrected chi connectivity index (χ0v) is 9.54. The van der Waals surface area contributed by atoms with Crippen molar-refractivity contribution in [3.63, 3.8) is 0 Å².